The Hall–Kier alpha value is -1.82. The fourth-order valence-electron chi connectivity index (χ4n) is 2.40. The molecule has 0 unspecified atom stereocenters. The molecule has 2 amide bonds. The van der Waals surface area contributed by atoms with Gasteiger partial charge in [0, 0.05) is 24.4 Å². The Kier molecular flexibility index (Phi) is 4.79. The average molecular weight is 282 g/mol. The number of carbonyl (C=O) groups excluding carboxylic acids is 1. The van der Waals surface area contributed by atoms with E-state index in [9.17, 15) is 14.3 Å². The molecule has 1 fully saturated rings. The number of aliphatic hydroxyl groups is 1. The first kappa shape index (κ1) is 14.6. The van der Waals surface area contributed by atoms with E-state index in [4.69, 9.17) is 4.74 Å². The van der Waals surface area contributed by atoms with Crippen LogP contribution in [-0.2, 0) is 0 Å². The zero-order valence-corrected chi connectivity index (χ0v) is 11.4. The fourth-order valence-corrected chi connectivity index (χ4v) is 2.40. The van der Waals surface area contributed by atoms with Crippen molar-refractivity contribution in [1.29, 1.82) is 0 Å². The minimum atomic E-state index is -0.474. The second-order valence-electron chi connectivity index (χ2n) is 5.05. The second kappa shape index (κ2) is 6.56. The number of halogens is 1. The van der Waals surface area contributed by atoms with Crippen molar-refractivity contribution < 1.29 is 19.0 Å². The summed E-state index contributed by atoms with van der Waals surface area (Å²) in [5.41, 5.74) is 0.339. The van der Waals surface area contributed by atoms with Crippen molar-refractivity contribution in [2.75, 3.05) is 19.0 Å². The maximum absolute atomic E-state index is 13.3. The molecule has 0 spiro atoms. The molecule has 0 bridgehead atoms. The molecule has 5 nitrogen and oxygen atoms in total. The van der Waals surface area contributed by atoms with Crippen molar-refractivity contribution in [1.82, 2.24) is 5.32 Å². The molecule has 0 saturated heterocycles. The topological polar surface area (TPSA) is 70.6 Å². The first-order valence-electron chi connectivity index (χ1n) is 6.64. The summed E-state index contributed by atoms with van der Waals surface area (Å²) in [7, 11) is 1.43. The Morgan fingerprint density at radius 2 is 2.25 bits per heavy atom. The molecule has 20 heavy (non-hydrogen) atoms. The van der Waals surface area contributed by atoms with Gasteiger partial charge in [0.05, 0.1) is 13.2 Å². The largest absolute Gasteiger partial charge is 0.497 e. The molecule has 1 aromatic rings. The standard InChI is InChI=1S/C14H19FN2O3/c1-20-13-6-10(15)5-11(7-13)17-14(19)16-8-9-2-3-12(18)4-9/h5-7,9,12,18H,2-4,8H2,1H3,(H2,16,17,19)/t9-,12-/m1/s1. The zero-order valence-electron chi connectivity index (χ0n) is 11.4. The summed E-state index contributed by atoms with van der Waals surface area (Å²) < 4.78 is 18.2. The number of anilines is 1. The van der Waals surface area contributed by atoms with E-state index in [1.54, 1.807) is 6.07 Å². The minimum Gasteiger partial charge on any atom is -0.497 e. The van der Waals surface area contributed by atoms with E-state index in [-0.39, 0.29) is 12.1 Å². The van der Waals surface area contributed by atoms with Gasteiger partial charge in [0.1, 0.15) is 11.6 Å². The van der Waals surface area contributed by atoms with Gasteiger partial charge in [-0.15, -0.1) is 0 Å². The van der Waals surface area contributed by atoms with Gasteiger partial charge >= 0.3 is 6.03 Å². The summed E-state index contributed by atoms with van der Waals surface area (Å²) >= 11 is 0. The van der Waals surface area contributed by atoms with Crippen molar-refractivity contribution in [2.45, 2.75) is 25.4 Å². The maximum atomic E-state index is 13.3. The highest BCUT2D eigenvalue weighted by atomic mass is 19.1. The summed E-state index contributed by atoms with van der Waals surface area (Å²) in [6.45, 7) is 0.509. The highest BCUT2D eigenvalue weighted by Gasteiger charge is 2.22. The Bertz CT molecular complexity index is 481. The SMILES string of the molecule is COc1cc(F)cc(NC(=O)NC[C@@H]2CC[C@@H](O)C2)c1. The third-order valence-electron chi connectivity index (χ3n) is 3.43. The zero-order chi connectivity index (χ0) is 14.5. The molecule has 3 N–H and O–H groups in total. The van der Waals surface area contributed by atoms with Crippen LogP contribution in [0.15, 0.2) is 18.2 Å². The van der Waals surface area contributed by atoms with Crippen molar-refractivity contribution in [2.24, 2.45) is 5.92 Å². The molecule has 2 atom stereocenters. The number of aliphatic hydroxyl groups excluding tert-OH is 1. The lowest BCUT2D eigenvalue weighted by molar-refractivity contribution is 0.177. The van der Waals surface area contributed by atoms with Crippen LogP contribution in [-0.4, -0.2) is 30.9 Å². The number of methoxy groups -OCH3 is 1. The number of ether oxygens (including phenoxy) is 1. The second-order valence-corrected chi connectivity index (χ2v) is 5.05. The number of hydrogen-bond acceptors (Lipinski definition) is 3. The fraction of sp³-hybridized carbons (Fsp3) is 0.500. The van der Waals surface area contributed by atoms with Crippen molar-refractivity contribution in [3.8, 4) is 5.75 Å². The van der Waals surface area contributed by atoms with Gasteiger partial charge in [-0.3, -0.25) is 0 Å². The number of hydrogen-bond donors (Lipinski definition) is 3. The summed E-state index contributed by atoms with van der Waals surface area (Å²) in [5.74, 6) is 0.176. The van der Waals surface area contributed by atoms with Gasteiger partial charge in [-0.2, -0.15) is 0 Å². The molecular formula is C14H19FN2O3. The van der Waals surface area contributed by atoms with E-state index in [1.165, 1.54) is 19.2 Å². The lowest BCUT2D eigenvalue weighted by Crippen LogP contribution is -2.32. The van der Waals surface area contributed by atoms with Gasteiger partial charge in [-0.25, -0.2) is 9.18 Å². The molecule has 2 rings (SSSR count). The number of nitrogens with one attached hydrogen (secondary N) is 2. The summed E-state index contributed by atoms with van der Waals surface area (Å²) in [4.78, 5) is 11.7. The lowest BCUT2D eigenvalue weighted by atomic mass is 10.1. The van der Waals surface area contributed by atoms with Crippen LogP contribution < -0.4 is 15.4 Å². The number of amides is 2. The van der Waals surface area contributed by atoms with Gasteiger partial charge in [-0.1, -0.05) is 0 Å². The van der Waals surface area contributed by atoms with Crippen LogP contribution >= 0.6 is 0 Å². The molecule has 1 saturated carbocycles. The van der Waals surface area contributed by atoms with E-state index in [0.717, 1.165) is 12.8 Å². The number of benzene rings is 1. The third-order valence-corrected chi connectivity index (χ3v) is 3.43. The van der Waals surface area contributed by atoms with Crippen LogP contribution in [0.3, 0.4) is 0 Å². The minimum absolute atomic E-state index is 0.252. The maximum Gasteiger partial charge on any atom is 0.319 e. The molecular weight excluding hydrogens is 263 g/mol. The van der Waals surface area contributed by atoms with Crippen LogP contribution in [0.5, 0.6) is 5.75 Å². The first-order chi connectivity index (χ1) is 9.56. The lowest BCUT2D eigenvalue weighted by Gasteiger charge is -2.12. The molecule has 1 aliphatic rings. The van der Waals surface area contributed by atoms with Crippen molar-refractivity contribution in [3.63, 3.8) is 0 Å². The summed E-state index contributed by atoms with van der Waals surface area (Å²) in [6, 6.07) is 3.62. The van der Waals surface area contributed by atoms with Crippen LogP contribution in [0.25, 0.3) is 0 Å². The Balaban J connectivity index is 1.83. The van der Waals surface area contributed by atoms with E-state index < -0.39 is 5.82 Å². The van der Waals surface area contributed by atoms with Crippen LogP contribution in [0.4, 0.5) is 14.9 Å². The van der Waals surface area contributed by atoms with Crippen LogP contribution in [0.2, 0.25) is 0 Å². The van der Waals surface area contributed by atoms with Crippen molar-refractivity contribution >= 4 is 11.7 Å². The van der Waals surface area contributed by atoms with Gasteiger partial charge in [0.2, 0.25) is 0 Å². The Labute approximate surface area is 117 Å². The smallest absolute Gasteiger partial charge is 0.319 e. The van der Waals surface area contributed by atoms with Gasteiger partial charge in [0.25, 0.3) is 0 Å². The van der Waals surface area contributed by atoms with E-state index in [1.807, 2.05) is 0 Å². The first-order valence-corrected chi connectivity index (χ1v) is 6.64. The van der Waals surface area contributed by atoms with Crippen LogP contribution in [0.1, 0.15) is 19.3 Å². The molecule has 0 radical (unpaired) electrons. The predicted octanol–water partition coefficient (Wildman–Crippen LogP) is 2.12. The molecule has 6 heteroatoms. The molecule has 0 aromatic heterocycles. The highest BCUT2D eigenvalue weighted by molar-refractivity contribution is 5.89. The monoisotopic (exact) mass is 282 g/mol. The number of rotatable bonds is 4. The summed E-state index contributed by atoms with van der Waals surface area (Å²) in [5, 5.41) is 14.7. The van der Waals surface area contributed by atoms with E-state index >= 15 is 0 Å². The molecule has 110 valence electrons. The van der Waals surface area contributed by atoms with Gasteiger partial charge in [-0.05, 0) is 31.2 Å². The summed E-state index contributed by atoms with van der Waals surface area (Å²) in [6.07, 6.45) is 2.16. The van der Waals surface area contributed by atoms with Gasteiger partial charge < -0.3 is 20.5 Å². The molecule has 1 aliphatic carbocycles. The number of urea groups is 1. The highest BCUT2D eigenvalue weighted by Crippen LogP contribution is 2.24. The average Bonchev–Trinajstić information content (AvgIpc) is 2.81. The Morgan fingerprint density at radius 1 is 1.45 bits per heavy atom. The van der Waals surface area contributed by atoms with E-state index in [2.05, 4.69) is 10.6 Å². The van der Waals surface area contributed by atoms with E-state index in [0.29, 0.717) is 30.3 Å². The van der Waals surface area contributed by atoms with Crippen LogP contribution in [0, 0.1) is 11.7 Å². The number of carbonyl (C=O) groups is 1. The van der Waals surface area contributed by atoms with Crippen molar-refractivity contribution in [3.05, 3.63) is 24.0 Å². The molecule has 1 aromatic carbocycles. The third kappa shape index (κ3) is 4.09. The van der Waals surface area contributed by atoms with Gasteiger partial charge in [0.15, 0.2) is 0 Å². The normalized spacial score (nSPS) is 21.6. The molecule has 0 heterocycles. The Morgan fingerprint density at radius 3 is 2.90 bits per heavy atom. The predicted molar refractivity (Wildman–Crippen MR) is 73.3 cm³/mol. The molecule has 0 aliphatic heterocycles. The quantitative estimate of drug-likeness (QED) is 0.792.